The Bertz CT molecular complexity index is 2250. The van der Waals surface area contributed by atoms with Gasteiger partial charge in [-0.2, -0.15) is 0 Å². The van der Waals surface area contributed by atoms with Crippen LogP contribution in [0.5, 0.6) is 0 Å². The number of carbonyl (C=O) groups is 1. The maximum Gasteiger partial charge on any atom is 0.257 e. The van der Waals surface area contributed by atoms with Crippen molar-refractivity contribution < 1.29 is 13.6 Å². The molecule has 2 aromatic carbocycles. The van der Waals surface area contributed by atoms with Crippen LogP contribution in [0.2, 0.25) is 5.02 Å². The highest BCUT2D eigenvalue weighted by atomic mass is 35.5. The first-order valence-electron chi connectivity index (χ1n) is 16.3. The standard InChI is InChI=1S/C37H30ClFN6O2S/c1-19-43-44-36(47-19)30-27(12-6-20-4-9-24(39)10-5-20)41-33-28-3-2-16-45(28)37(46)32(33)31(30)29-18-22-14-15-40-35(34(22)48-29)42-26-13-7-21-17-23(38)8-11-25(21)26/h4-5,8-11,14-15,17-18,26,28H,2-3,6-7,12-13,16H2,1H3,(H,40,42)/t26-,28-/m1/s1. The van der Waals surface area contributed by atoms with E-state index in [2.05, 4.69) is 33.7 Å². The van der Waals surface area contributed by atoms with E-state index in [1.807, 2.05) is 23.2 Å². The fourth-order valence-corrected chi connectivity index (χ4v) is 8.97. The zero-order valence-electron chi connectivity index (χ0n) is 26.1. The molecule has 0 unspecified atom stereocenters. The fourth-order valence-electron chi connectivity index (χ4n) is 7.61. The Kier molecular flexibility index (Phi) is 7.05. The molecule has 1 aliphatic carbocycles. The van der Waals surface area contributed by atoms with Crippen LogP contribution in [0, 0.1) is 12.7 Å². The van der Waals surface area contributed by atoms with Crippen LogP contribution < -0.4 is 5.32 Å². The van der Waals surface area contributed by atoms with Gasteiger partial charge in [0.2, 0.25) is 11.8 Å². The van der Waals surface area contributed by atoms with E-state index in [0.29, 0.717) is 42.3 Å². The summed E-state index contributed by atoms with van der Waals surface area (Å²) in [5.41, 5.74) is 7.18. The van der Waals surface area contributed by atoms with Crippen molar-refractivity contribution in [1.82, 2.24) is 25.1 Å². The normalized spacial score (nSPS) is 18.1. The van der Waals surface area contributed by atoms with Gasteiger partial charge in [0.05, 0.1) is 39.3 Å². The van der Waals surface area contributed by atoms with E-state index >= 15 is 0 Å². The van der Waals surface area contributed by atoms with Crippen molar-refractivity contribution in [3.05, 3.63) is 111 Å². The molecule has 1 fully saturated rings. The summed E-state index contributed by atoms with van der Waals surface area (Å²) in [6, 6.07) is 16.9. The maximum absolute atomic E-state index is 14.2. The quantitative estimate of drug-likeness (QED) is 0.181. The third kappa shape index (κ3) is 4.88. The summed E-state index contributed by atoms with van der Waals surface area (Å²) in [5, 5.41) is 14.1. The monoisotopic (exact) mass is 676 g/mol. The molecule has 3 aliphatic rings. The lowest BCUT2D eigenvalue weighted by Crippen LogP contribution is -2.22. The molecule has 1 N–H and O–H groups in total. The number of anilines is 1. The first-order valence-corrected chi connectivity index (χ1v) is 17.5. The van der Waals surface area contributed by atoms with Crippen LogP contribution in [0.25, 0.3) is 32.0 Å². The summed E-state index contributed by atoms with van der Waals surface area (Å²) in [4.78, 5) is 27.1. The number of hydrogen-bond acceptors (Lipinski definition) is 8. The number of pyridine rings is 2. The van der Waals surface area contributed by atoms with E-state index in [4.69, 9.17) is 26.0 Å². The van der Waals surface area contributed by atoms with Crippen LogP contribution in [-0.2, 0) is 19.3 Å². The predicted octanol–water partition coefficient (Wildman–Crippen LogP) is 8.68. The molecule has 0 saturated carbocycles. The maximum atomic E-state index is 14.2. The van der Waals surface area contributed by atoms with Gasteiger partial charge < -0.3 is 14.6 Å². The van der Waals surface area contributed by atoms with Crippen molar-refractivity contribution in [2.75, 3.05) is 11.9 Å². The van der Waals surface area contributed by atoms with Crippen LogP contribution in [-0.4, -0.2) is 37.5 Å². The average molecular weight is 677 g/mol. The number of fused-ring (bicyclic) bond motifs is 5. The number of amides is 1. The van der Waals surface area contributed by atoms with Gasteiger partial charge in [0.1, 0.15) is 11.6 Å². The molecule has 6 aromatic rings. The second-order valence-corrected chi connectivity index (χ2v) is 14.2. The Morgan fingerprint density at radius 3 is 2.75 bits per heavy atom. The topological polar surface area (TPSA) is 97.0 Å². The van der Waals surface area contributed by atoms with Crippen molar-refractivity contribution >= 4 is 44.7 Å². The smallest absolute Gasteiger partial charge is 0.257 e. The van der Waals surface area contributed by atoms with Crippen molar-refractivity contribution in [3.63, 3.8) is 0 Å². The van der Waals surface area contributed by atoms with Crippen LogP contribution in [0.1, 0.15) is 75.7 Å². The molecule has 6 heterocycles. The lowest BCUT2D eigenvalue weighted by Gasteiger charge is -2.16. The minimum absolute atomic E-state index is 0.00674. The first-order chi connectivity index (χ1) is 23.4. The number of thiophene rings is 1. The van der Waals surface area contributed by atoms with E-state index in [1.54, 1.807) is 30.4 Å². The van der Waals surface area contributed by atoms with Crippen LogP contribution in [0.4, 0.5) is 10.2 Å². The molecular weight excluding hydrogens is 647 g/mol. The number of nitrogens with zero attached hydrogens (tertiary/aromatic N) is 5. The van der Waals surface area contributed by atoms with Crippen LogP contribution >= 0.6 is 22.9 Å². The Morgan fingerprint density at radius 1 is 1.04 bits per heavy atom. The summed E-state index contributed by atoms with van der Waals surface area (Å²) < 4.78 is 20.8. The molecule has 2 atom stereocenters. The highest BCUT2D eigenvalue weighted by Gasteiger charge is 2.45. The SMILES string of the molecule is Cc1nnc(-c2c(CCc3ccc(F)cc3)nc3c(c2-c2cc4ccnc(N[C@@H]5CCc6cc(Cl)ccc65)c4s2)C(=O)N2CCC[C@H]32)o1. The van der Waals surface area contributed by atoms with Crippen LogP contribution in [0.15, 0.2) is 65.2 Å². The lowest BCUT2D eigenvalue weighted by molar-refractivity contribution is 0.0776. The summed E-state index contributed by atoms with van der Waals surface area (Å²) in [7, 11) is 0. The summed E-state index contributed by atoms with van der Waals surface area (Å²) >= 11 is 7.89. The van der Waals surface area contributed by atoms with E-state index in [1.165, 1.54) is 23.3 Å². The van der Waals surface area contributed by atoms with Gasteiger partial charge in [-0.05, 0) is 97.0 Å². The summed E-state index contributed by atoms with van der Waals surface area (Å²) in [6.45, 7) is 2.46. The molecule has 48 heavy (non-hydrogen) atoms. The Balaban J connectivity index is 1.21. The van der Waals surface area contributed by atoms with Gasteiger partial charge in [-0.25, -0.2) is 9.37 Å². The predicted molar refractivity (Wildman–Crippen MR) is 184 cm³/mol. The zero-order valence-corrected chi connectivity index (χ0v) is 27.7. The van der Waals surface area contributed by atoms with E-state index in [0.717, 1.165) is 74.0 Å². The average Bonchev–Trinajstić information content (AvgIpc) is 3.92. The molecule has 11 heteroatoms. The minimum Gasteiger partial charge on any atom is -0.421 e. The molecule has 2 aliphatic heterocycles. The number of rotatable bonds is 7. The summed E-state index contributed by atoms with van der Waals surface area (Å²) in [5.74, 6) is 1.29. The second kappa shape index (κ2) is 11.5. The molecule has 1 amide bonds. The van der Waals surface area contributed by atoms with E-state index in [-0.39, 0.29) is 23.8 Å². The van der Waals surface area contributed by atoms with Gasteiger partial charge in [-0.3, -0.25) is 9.78 Å². The highest BCUT2D eigenvalue weighted by Crippen LogP contribution is 2.50. The van der Waals surface area contributed by atoms with Gasteiger partial charge in [-0.1, -0.05) is 29.8 Å². The molecule has 9 rings (SSSR count). The molecule has 4 aromatic heterocycles. The number of aromatic nitrogens is 4. The third-order valence-corrected chi connectivity index (χ3v) is 11.2. The Labute approximate surface area is 285 Å². The number of benzene rings is 2. The molecule has 0 spiro atoms. The number of nitrogens with one attached hydrogen (secondary N) is 1. The van der Waals surface area contributed by atoms with Crippen molar-refractivity contribution in [2.24, 2.45) is 0 Å². The first kappa shape index (κ1) is 29.5. The summed E-state index contributed by atoms with van der Waals surface area (Å²) in [6.07, 6.45) is 6.74. The zero-order chi connectivity index (χ0) is 32.5. The number of halogens is 2. The lowest BCUT2D eigenvalue weighted by atomic mass is 9.93. The molecule has 1 saturated heterocycles. The number of hydrogen-bond donors (Lipinski definition) is 1. The second-order valence-electron chi connectivity index (χ2n) is 12.7. The van der Waals surface area contributed by atoms with Crippen molar-refractivity contribution in [1.29, 1.82) is 0 Å². The Morgan fingerprint density at radius 2 is 1.92 bits per heavy atom. The van der Waals surface area contributed by atoms with Gasteiger partial charge >= 0.3 is 0 Å². The number of carbonyl (C=O) groups excluding carboxylic acids is 1. The Hall–Kier alpha value is -4.67. The largest absolute Gasteiger partial charge is 0.421 e. The molecule has 240 valence electrons. The van der Waals surface area contributed by atoms with Gasteiger partial charge in [0.15, 0.2) is 0 Å². The fraction of sp³-hybridized carbons (Fsp3) is 0.270. The minimum atomic E-state index is -0.270. The van der Waals surface area contributed by atoms with Gasteiger partial charge in [0.25, 0.3) is 5.91 Å². The molecule has 0 radical (unpaired) electrons. The van der Waals surface area contributed by atoms with E-state index in [9.17, 15) is 9.18 Å². The number of aryl methyl sites for hydroxylation is 4. The molecule has 0 bridgehead atoms. The van der Waals surface area contributed by atoms with Crippen molar-refractivity contribution in [3.8, 4) is 21.9 Å². The molecule has 8 nitrogen and oxygen atoms in total. The third-order valence-electron chi connectivity index (χ3n) is 9.82. The van der Waals surface area contributed by atoms with Crippen molar-refractivity contribution in [2.45, 2.75) is 57.5 Å². The highest BCUT2D eigenvalue weighted by molar-refractivity contribution is 7.23. The van der Waals surface area contributed by atoms with Gasteiger partial charge in [-0.15, -0.1) is 21.5 Å². The van der Waals surface area contributed by atoms with E-state index < -0.39 is 0 Å². The molecular formula is C37H30ClFN6O2S. The van der Waals surface area contributed by atoms with Gasteiger partial charge in [0, 0.05) is 35.1 Å². The van der Waals surface area contributed by atoms with Crippen LogP contribution in [0.3, 0.4) is 0 Å².